The minimum atomic E-state index is 0.464. The van der Waals surface area contributed by atoms with Gasteiger partial charge in [-0.05, 0) is 23.1 Å². The van der Waals surface area contributed by atoms with Gasteiger partial charge in [-0.2, -0.15) is 0 Å². The molecule has 0 amide bonds. The van der Waals surface area contributed by atoms with Crippen molar-refractivity contribution in [1.82, 2.24) is 15.0 Å². The van der Waals surface area contributed by atoms with E-state index in [1.54, 1.807) is 6.20 Å². The van der Waals surface area contributed by atoms with Crippen molar-refractivity contribution in [3.05, 3.63) is 53.5 Å². The molecule has 4 heteroatoms. The Morgan fingerprint density at radius 3 is 2.90 bits per heavy atom. The number of nitrogen functional groups attached to an aromatic ring is 1. The number of nitrogens with two attached hydrogens (primary N) is 1. The molecule has 0 radical (unpaired) electrons. The number of nitrogens with zero attached hydrogens (tertiary/aromatic N) is 1. The summed E-state index contributed by atoms with van der Waals surface area (Å²) in [5.74, 6) is 1.02. The lowest BCUT2D eigenvalue weighted by Crippen LogP contribution is -1.89. The minimum Gasteiger partial charge on any atom is -0.369 e. The van der Waals surface area contributed by atoms with E-state index in [0.29, 0.717) is 11.9 Å². The van der Waals surface area contributed by atoms with Crippen LogP contribution in [0.5, 0.6) is 0 Å². The standard InChI is InChI=1S/C17H20N4/c1-11(2)3-4-12-5-6-15-13(9-19-16(15)7-12)8-14-10-20-17(18)21-14/h3-7,9-11,19H,8H2,1-2H3,(H3,18,20,21)/b4-3+. The minimum absolute atomic E-state index is 0.464. The van der Waals surface area contributed by atoms with Crippen LogP contribution in [0.3, 0.4) is 0 Å². The molecular weight excluding hydrogens is 260 g/mol. The number of H-pyrrole nitrogens is 2. The number of rotatable bonds is 4. The van der Waals surface area contributed by atoms with Crippen LogP contribution in [0.1, 0.15) is 30.7 Å². The van der Waals surface area contributed by atoms with Crippen LogP contribution in [0.4, 0.5) is 5.95 Å². The lowest BCUT2D eigenvalue weighted by molar-refractivity contribution is 0.836. The van der Waals surface area contributed by atoms with Gasteiger partial charge in [0, 0.05) is 29.2 Å². The second-order valence-corrected chi connectivity index (χ2v) is 5.69. The predicted octanol–water partition coefficient (Wildman–Crippen LogP) is 3.73. The second kappa shape index (κ2) is 5.48. The number of fused-ring (bicyclic) bond motifs is 1. The number of hydrogen-bond acceptors (Lipinski definition) is 2. The van der Waals surface area contributed by atoms with E-state index in [0.717, 1.165) is 17.6 Å². The fourth-order valence-electron chi connectivity index (χ4n) is 2.43. The van der Waals surface area contributed by atoms with Crippen LogP contribution in [0.15, 0.2) is 36.7 Å². The number of aromatic nitrogens is 3. The molecule has 4 N–H and O–H groups in total. The third-order valence-electron chi connectivity index (χ3n) is 3.49. The molecule has 3 rings (SSSR count). The fourth-order valence-corrected chi connectivity index (χ4v) is 2.43. The highest BCUT2D eigenvalue weighted by Crippen LogP contribution is 2.22. The largest absolute Gasteiger partial charge is 0.369 e. The van der Waals surface area contributed by atoms with Crippen LogP contribution in [0.2, 0.25) is 0 Å². The normalized spacial score (nSPS) is 12.0. The molecule has 2 aromatic heterocycles. The molecule has 108 valence electrons. The van der Waals surface area contributed by atoms with Crippen LogP contribution in [0.25, 0.3) is 17.0 Å². The molecule has 21 heavy (non-hydrogen) atoms. The van der Waals surface area contributed by atoms with Gasteiger partial charge in [-0.1, -0.05) is 38.1 Å². The van der Waals surface area contributed by atoms with Gasteiger partial charge < -0.3 is 15.7 Å². The highest BCUT2D eigenvalue weighted by molar-refractivity contribution is 5.85. The van der Waals surface area contributed by atoms with Gasteiger partial charge in [0.2, 0.25) is 0 Å². The molecule has 0 unspecified atom stereocenters. The van der Waals surface area contributed by atoms with Crippen molar-refractivity contribution in [3.8, 4) is 0 Å². The van der Waals surface area contributed by atoms with E-state index in [9.17, 15) is 0 Å². The summed E-state index contributed by atoms with van der Waals surface area (Å²) >= 11 is 0. The molecule has 0 fully saturated rings. The van der Waals surface area contributed by atoms with Gasteiger partial charge >= 0.3 is 0 Å². The summed E-state index contributed by atoms with van der Waals surface area (Å²) in [6.07, 6.45) is 9.01. The number of nitrogens with one attached hydrogen (secondary N) is 2. The quantitative estimate of drug-likeness (QED) is 0.681. The Hall–Kier alpha value is -2.49. The maximum Gasteiger partial charge on any atom is 0.197 e. The molecule has 0 saturated carbocycles. The van der Waals surface area contributed by atoms with Crippen LogP contribution in [-0.2, 0) is 6.42 Å². The van der Waals surface area contributed by atoms with E-state index in [2.05, 4.69) is 65.3 Å². The third-order valence-corrected chi connectivity index (χ3v) is 3.49. The topological polar surface area (TPSA) is 70.5 Å². The lowest BCUT2D eigenvalue weighted by atomic mass is 10.1. The molecule has 0 aliphatic rings. The number of allylic oxidation sites excluding steroid dienone is 1. The number of imidazole rings is 1. The van der Waals surface area contributed by atoms with E-state index in [1.807, 2.05) is 0 Å². The summed E-state index contributed by atoms with van der Waals surface area (Å²) in [5.41, 5.74) is 10.3. The van der Waals surface area contributed by atoms with Crippen molar-refractivity contribution in [1.29, 1.82) is 0 Å². The first-order chi connectivity index (χ1) is 10.1. The molecule has 2 heterocycles. The van der Waals surface area contributed by atoms with Crippen LogP contribution < -0.4 is 5.73 Å². The zero-order valence-electron chi connectivity index (χ0n) is 12.4. The highest BCUT2D eigenvalue weighted by Gasteiger charge is 2.06. The van der Waals surface area contributed by atoms with Gasteiger partial charge in [-0.15, -0.1) is 0 Å². The van der Waals surface area contributed by atoms with E-state index < -0.39 is 0 Å². The van der Waals surface area contributed by atoms with Gasteiger partial charge in [0.15, 0.2) is 5.95 Å². The van der Waals surface area contributed by atoms with E-state index in [-0.39, 0.29) is 0 Å². The van der Waals surface area contributed by atoms with Gasteiger partial charge in [0.25, 0.3) is 0 Å². The second-order valence-electron chi connectivity index (χ2n) is 5.69. The van der Waals surface area contributed by atoms with Gasteiger partial charge in [-0.25, -0.2) is 4.98 Å². The summed E-state index contributed by atoms with van der Waals surface area (Å²) in [4.78, 5) is 10.4. The summed E-state index contributed by atoms with van der Waals surface area (Å²) in [6, 6.07) is 6.50. The first-order valence-corrected chi connectivity index (χ1v) is 7.19. The molecule has 3 aromatic rings. The van der Waals surface area contributed by atoms with Crippen molar-refractivity contribution in [2.24, 2.45) is 5.92 Å². The monoisotopic (exact) mass is 280 g/mol. The molecule has 0 aliphatic carbocycles. The Labute approximate surface area is 124 Å². The van der Waals surface area contributed by atoms with E-state index >= 15 is 0 Å². The van der Waals surface area contributed by atoms with Crippen LogP contribution in [0, 0.1) is 5.92 Å². The molecule has 0 atom stereocenters. The average molecular weight is 280 g/mol. The molecule has 4 nitrogen and oxygen atoms in total. The summed E-state index contributed by atoms with van der Waals surface area (Å²) in [6.45, 7) is 4.36. The SMILES string of the molecule is CC(C)/C=C/c1ccc2c(Cc3cnc(N)[nH]3)c[nH]c2c1. The van der Waals surface area contributed by atoms with Crippen molar-refractivity contribution < 1.29 is 0 Å². The van der Waals surface area contributed by atoms with Crippen molar-refractivity contribution in [2.45, 2.75) is 20.3 Å². The molecule has 0 spiro atoms. The zero-order chi connectivity index (χ0) is 14.8. The smallest absolute Gasteiger partial charge is 0.197 e. The van der Waals surface area contributed by atoms with Crippen LogP contribution >= 0.6 is 0 Å². The molecule has 1 aromatic carbocycles. The van der Waals surface area contributed by atoms with Crippen molar-refractivity contribution in [3.63, 3.8) is 0 Å². The van der Waals surface area contributed by atoms with Gasteiger partial charge in [0.05, 0.1) is 6.20 Å². The summed E-state index contributed by atoms with van der Waals surface area (Å²) < 4.78 is 0. The number of anilines is 1. The van der Waals surface area contributed by atoms with Crippen molar-refractivity contribution >= 4 is 22.9 Å². The fraction of sp³-hybridized carbons (Fsp3) is 0.235. The molecule has 0 aliphatic heterocycles. The first-order valence-electron chi connectivity index (χ1n) is 7.19. The highest BCUT2D eigenvalue weighted by atomic mass is 15.0. The van der Waals surface area contributed by atoms with E-state index in [1.165, 1.54) is 16.5 Å². The Balaban J connectivity index is 1.88. The molecular formula is C17H20N4. The lowest BCUT2D eigenvalue weighted by Gasteiger charge is -1.99. The molecule has 0 saturated heterocycles. The first kappa shape index (κ1) is 13.5. The van der Waals surface area contributed by atoms with Gasteiger partial charge in [0.1, 0.15) is 0 Å². The predicted molar refractivity (Wildman–Crippen MR) is 88.0 cm³/mol. The Morgan fingerprint density at radius 2 is 2.19 bits per heavy atom. The molecule has 0 bridgehead atoms. The van der Waals surface area contributed by atoms with Crippen molar-refractivity contribution in [2.75, 3.05) is 5.73 Å². The Bertz CT molecular complexity index is 777. The number of aromatic amines is 2. The third kappa shape index (κ3) is 2.99. The van der Waals surface area contributed by atoms with E-state index in [4.69, 9.17) is 5.73 Å². The average Bonchev–Trinajstić information content (AvgIpc) is 3.04. The van der Waals surface area contributed by atoms with Gasteiger partial charge in [-0.3, -0.25) is 0 Å². The zero-order valence-corrected chi connectivity index (χ0v) is 12.4. The number of benzene rings is 1. The summed E-state index contributed by atoms with van der Waals surface area (Å²) in [7, 11) is 0. The Kier molecular flexibility index (Phi) is 3.52. The number of hydrogen-bond donors (Lipinski definition) is 3. The van der Waals surface area contributed by atoms with Crippen LogP contribution in [-0.4, -0.2) is 15.0 Å². The Morgan fingerprint density at radius 1 is 1.33 bits per heavy atom. The summed E-state index contributed by atoms with van der Waals surface area (Å²) in [5, 5.41) is 1.24. The maximum absolute atomic E-state index is 5.62. The maximum atomic E-state index is 5.62.